The lowest BCUT2D eigenvalue weighted by Gasteiger charge is -2.10. The largest absolute Gasteiger partial charge is 0.261 e. The molecule has 0 aliphatic heterocycles. The van der Waals surface area contributed by atoms with Gasteiger partial charge < -0.3 is 0 Å². The van der Waals surface area contributed by atoms with E-state index in [4.69, 9.17) is 11.6 Å². The Morgan fingerprint density at radius 2 is 2.50 bits per heavy atom. The molecule has 0 saturated carbocycles. The maximum atomic E-state index is 5.96. The van der Waals surface area contributed by atoms with Gasteiger partial charge in [-0.25, -0.2) is 0 Å². The molecule has 2 atom stereocenters. The van der Waals surface area contributed by atoms with E-state index in [1.807, 2.05) is 12.3 Å². The standard InChI is InChI=1S/C12H16ClN/c1-9(13)4-5-11-7-6-10-3-2-8-14-12(10)11/h2-3,8-9,11H,4-7H2,1H3. The average molecular weight is 210 g/mol. The Labute approximate surface area is 90.5 Å². The molecule has 2 rings (SSSR count). The summed E-state index contributed by atoms with van der Waals surface area (Å²) in [7, 11) is 0. The lowest BCUT2D eigenvalue weighted by atomic mass is 9.99. The molecule has 0 amide bonds. The second kappa shape index (κ2) is 4.31. The van der Waals surface area contributed by atoms with Crippen LogP contribution in [0.1, 0.15) is 43.4 Å². The second-order valence-corrected chi connectivity index (χ2v) is 4.89. The van der Waals surface area contributed by atoms with E-state index in [-0.39, 0.29) is 0 Å². The molecule has 2 heteroatoms. The number of hydrogen-bond donors (Lipinski definition) is 0. The van der Waals surface area contributed by atoms with E-state index in [9.17, 15) is 0 Å². The number of alkyl halides is 1. The third-order valence-corrected chi connectivity index (χ3v) is 3.21. The van der Waals surface area contributed by atoms with Gasteiger partial charge in [0.25, 0.3) is 0 Å². The molecule has 14 heavy (non-hydrogen) atoms. The Morgan fingerprint density at radius 1 is 1.64 bits per heavy atom. The van der Waals surface area contributed by atoms with Gasteiger partial charge in [-0.3, -0.25) is 4.98 Å². The molecular formula is C12H16ClN. The Hall–Kier alpha value is -0.560. The first kappa shape index (κ1) is 9.97. The number of pyridine rings is 1. The van der Waals surface area contributed by atoms with Gasteiger partial charge in [-0.2, -0.15) is 0 Å². The van der Waals surface area contributed by atoms with Crippen LogP contribution in [-0.2, 0) is 6.42 Å². The number of fused-ring (bicyclic) bond motifs is 1. The fraction of sp³-hybridized carbons (Fsp3) is 0.583. The van der Waals surface area contributed by atoms with Crippen LogP contribution in [0.4, 0.5) is 0 Å². The molecule has 1 aromatic rings. The summed E-state index contributed by atoms with van der Waals surface area (Å²) >= 11 is 5.96. The summed E-state index contributed by atoms with van der Waals surface area (Å²) in [4.78, 5) is 4.48. The molecule has 0 radical (unpaired) electrons. The first-order valence-corrected chi connectivity index (χ1v) is 5.79. The zero-order valence-electron chi connectivity index (χ0n) is 8.54. The first-order valence-electron chi connectivity index (χ1n) is 5.35. The fourth-order valence-electron chi connectivity index (χ4n) is 2.21. The van der Waals surface area contributed by atoms with Crippen LogP contribution in [0.15, 0.2) is 18.3 Å². The average Bonchev–Trinajstić information content (AvgIpc) is 2.58. The van der Waals surface area contributed by atoms with Crippen molar-refractivity contribution < 1.29 is 0 Å². The predicted molar refractivity (Wildman–Crippen MR) is 59.8 cm³/mol. The van der Waals surface area contributed by atoms with E-state index in [0.717, 1.165) is 6.42 Å². The minimum Gasteiger partial charge on any atom is -0.261 e. The Morgan fingerprint density at radius 3 is 3.29 bits per heavy atom. The highest BCUT2D eigenvalue weighted by molar-refractivity contribution is 6.20. The van der Waals surface area contributed by atoms with Crippen molar-refractivity contribution in [2.75, 3.05) is 0 Å². The first-order chi connectivity index (χ1) is 6.77. The summed E-state index contributed by atoms with van der Waals surface area (Å²) in [5.41, 5.74) is 2.77. The maximum absolute atomic E-state index is 5.96. The summed E-state index contributed by atoms with van der Waals surface area (Å²) in [6.45, 7) is 2.07. The molecule has 1 nitrogen and oxygen atoms in total. The lowest BCUT2D eigenvalue weighted by molar-refractivity contribution is 0.574. The van der Waals surface area contributed by atoms with Gasteiger partial charge in [-0.15, -0.1) is 11.6 Å². The van der Waals surface area contributed by atoms with Gasteiger partial charge in [-0.05, 0) is 44.2 Å². The third kappa shape index (κ3) is 2.09. The van der Waals surface area contributed by atoms with Crippen LogP contribution in [0.2, 0.25) is 0 Å². The van der Waals surface area contributed by atoms with Gasteiger partial charge in [0.05, 0.1) is 0 Å². The minimum absolute atomic E-state index is 0.294. The molecule has 0 N–H and O–H groups in total. The second-order valence-electron chi connectivity index (χ2n) is 4.14. The van der Waals surface area contributed by atoms with E-state index in [1.165, 1.54) is 30.5 Å². The number of rotatable bonds is 3. The van der Waals surface area contributed by atoms with E-state index < -0.39 is 0 Å². The number of hydrogen-bond acceptors (Lipinski definition) is 1. The van der Waals surface area contributed by atoms with Crippen LogP contribution in [0, 0.1) is 0 Å². The molecule has 1 aromatic heterocycles. The van der Waals surface area contributed by atoms with E-state index >= 15 is 0 Å². The van der Waals surface area contributed by atoms with Crippen LogP contribution < -0.4 is 0 Å². The molecule has 0 spiro atoms. The van der Waals surface area contributed by atoms with Crippen molar-refractivity contribution in [2.45, 2.75) is 43.9 Å². The normalized spacial score (nSPS) is 22.0. The van der Waals surface area contributed by atoms with Crippen LogP contribution in [0.3, 0.4) is 0 Å². The Bertz CT molecular complexity index is 309. The lowest BCUT2D eigenvalue weighted by Crippen LogP contribution is -2.00. The van der Waals surface area contributed by atoms with Crippen LogP contribution in [0.5, 0.6) is 0 Å². The van der Waals surface area contributed by atoms with Crippen molar-refractivity contribution >= 4 is 11.6 Å². The molecule has 1 aliphatic carbocycles. The fourth-order valence-corrected chi connectivity index (χ4v) is 2.33. The SMILES string of the molecule is CC(Cl)CCC1CCc2cccnc21. The molecule has 0 saturated heterocycles. The summed E-state index contributed by atoms with van der Waals surface area (Å²) < 4.78 is 0. The minimum atomic E-state index is 0.294. The van der Waals surface area contributed by atoms with Gasteiger partial charge in [-0.1, -0.05) is 6.07 Å². The van der Waals surface area contributed by atoms with Crippen molar-refractivity contribution in [2.24, 2.45) is 0 Å². The van der Waals surface area contributed by atoms with E-state index in [1.54, 1.807) is 0 Å². The van der Waals surface area contributed by atoms with Gasteiger partial charge in [0.2, 0.25) is 0 Å². The molecule has 0 aromatic carbocycles. The monoisotopic (exact) mass is 209 g/mol. The summed E-state index contributed by atoms with van der Waals surface area (Å²) in [6.07, 6.45) is 6.65. The predicted octanol–water partition coefficient (Wildman–Crippen LogP) is 3.52. The highest BCUT2D eigenvalue weighted by atomic mass is 35.5. The number of aryl methyl sites for hydroxylation is 1. The highest BCUT2D eigenvalue weighted by Gasteiger charge is 2.23. The maximum Gasteiger partial charge on any atom is 0.0466 e. The van der Waals surface area contributed by atoms with Gasteiger partial charge in [0, 0.05) is 23.2 Å². The zero-order valence-corrected chi connectivity index (χ0v) is 9.30. The van der Waals surface area contributed by atoms with E-state index in [2.05, 4.69) is 18.0 Å². The summed E-state index contributed by atoms with van der Waals surface area (Å²) in [5, 5.41) is 0.294. The molecule has 76 valence electrons. The number of aromatic nitrogens is 1. The molecular weight excluding hydrogens is 194 g/mol. The molecule has 0 bridgehead atoms. The highest BCUT2D eigenvalue weighted by Crippen LogP contribution is 2.34. The zero-order chi connectivity index (χ0) is 9.97. The van der Waals surface area contributed by atoms with Crippen molar-refractivity contribution in [1.82, 2.24) is 4.98 Å². The smallest absolute Gasteiger partial charge is 0.0466 e. The Balaban J connectivity index is 2.03. The Kier molecular flexibility index (Phi) is 3.07. The molecule has 2 unspecified atom stereocenters. The van der Waals surface area contributed by atoms with Crippen molar-refractivity contribution in [3.63, 3.8) is 0 Å². The van der Waals surface area contributed by atoms with Crippen molar-refractivity contribution in [1.29, 1.82) is 0 Å². The number of halogens is 1. The topological polar surface area (TPSA) is 12.9 Å². The van der Waals surface area contributed by atoms with Crippen LogP contribution in [0.25, 0.3) is 0 Å². The van der Waals surface area contributed by atoms with Gasteiger partial charge in [0.1, 0.15) is 0 Å². The van der Waals surface area contributed by atoms with Crippen LogP contribution in [-0.4, -0.2) is 10.4 Å². The number of nitrogens with zero attached hydrogens (tertiary/aromatic N) is 1. The third-order valence-electron chi connectivity index (χ3n) is 2.99. The van der Waals surface area contributed by atoms with Crippen molar-refractivity contribution in [3.05, 3.63) is 29.6 Å². The molecule has 1 heterocycles. The summed E-state index contributed by atoms with van der Waals surface area (Å²) in [5.74, 6) is 0.660. The molecule has 0 fully saturated rings. The van der Waals surface area contributed by atoms with Crippen molar-refractivity contribution in [3.8, 4) is 0 Å². The van der Waals surface area contributed by atoms with Gasteiger partial charge in [0.15, 0.2) is 0 Å². The van der Waals surface area contributed by atoms with E-state index in [0.29, 0.717) is 11.3 Å². The molecule has 1 aliphatic rings. The van der Waals surface area contributed by atoms with Gasteiger partial charge >= 0.3 is 0 Å². The van der Waals surface area contributed by atoms with Crippen LogP contribution >= 0.6 is 11.6 Å². The quantitative estimate of drug-likeness (QED) is 0.695. The summed E-state index contributed by atoms with van der Waals surface area (Å²) in [6, 6.07) is 4.23.